The van der Waals surface area contributed by atoms with E-state index in [1.807, 2.05) is 12.4 Å². The highest BCUT2D eigenvalue weighted by Crippen LogP contribution is 2.31. The molecule has 1 aromatic rings. The summed E-state index contributed by atoms with van der Waals surface area (Å²) in [6, 6.07) is 4.61. The van der Waals surface area contributed by atoms with Gasteiger partial charge in [0.15, 0.2) is 0 Å². The molecule has 0 bridgehead atoms. The maximum atomic E-state index is 6.36. The van der Waals surface area contributed by atoms with Crippen LogP contribution in [0.5, 0.6) is 0 Å². The van der Waals surface area contributed by atoms with Crippen molar-refractivity contribution >= 4 is 0 Å². The molecule has 1 aliphatic carbocycles. The van der Waals surface area contributed by atoms with Crippen LogP contribution in [0.3, 0.4) is 0 Å². The third-order valence-electron chi connectivity index (χ3n) is 4.82. The zero-order chi connectivity index (χ0) is 14.4. The van der Waals surface area contributed by atoms with Gasteiger partial charge in [-0.2, -0.15) is 0 Å². The maximum Gasteiger partial charge on any atom is 0.0271 e. The van der Waals surface area contributed by atoms with Crippen LogP contribution < -0.4 is 5.73 Å². The lowest BCUT2D eigenvalue weighted by Gasteiger charge is -2.37. The Kier molecular flexibility index (Phi) is 5.99. The summed E-state index contributed by atoms with van der Waals surface area (Å²) in [5, 5.41) is 0. The van der Waals surface area contributed by atoms with Crippen LogP contribution in [-0.2, 0) is 6.54 Å². The third-order valence-corrected chi connectivity index (χ3v) is 4.82. The smallest absolute Gasteiger partial charge is 0.0271 e. The lowest BCUT2D eigenvalue weighted by atomic mass is 9.77. The van der Waals surface area contributed by atoms with E-state index in [9.17, 15) is 0 Å². The largest absolute Gasteiger partial charge is 0.327 e. The number of hydrogen-bond acceptors (Lipinski definition) is 3. The van der Waals surface area contributed by atoms with Gasteiger partial charge in [0.25, 0.3) is 0 Å². The summed E-state index contributed by atoms with van der Waals surface area (Å²) in [5.41, 5.74) is 7.70. The molecule has 3 heteroatoms. The third kappa shape index (κ3) is 4.29. The molecule has 0 saturated heterocycles. The molecular weight excluding hydrogens is 246 g/mol. The van der Waals surface area contributed by atoms with Crippen LogP contribution in [-0.4, -0.2) is 29.0 Å². The second-order valence-electron chi connectivity index (χ2n) is 6.19. The van der Waals surface area contributed by atoms with E-state index in [2.05, 4.69) is 35.9 Å². The number of nitrogens with zero attached hydrogens (tertiary/aromatic N) is 2. The van der Waals surface area contributed by atoms with Crippen molar-refractivity contribution in [3.63, 3.8) is 0 Å². The van der Waals surface area contributed by atoms with Gasteiger partial charge in [-0.05, 0) is 55.3 Å². The summed E-state index contributed by atoms with van der Waals surface area (Å²) in [6.45, 7) is 7.79. The van der Waals surface area contributed by atoms with Crippen LogP contribution in [0.1, 0.15) is 45.1 Å². The molecule has 3 unspecified atom stereocenters. The molecule has 1 fully saturated rings. The average molecular weight is 275 g/mol. The fourth-order valence-corrected chi connectivity index (χ4v) is 3.35. The highest BCUT2D eigenvalue weighted by Gasteiger charge is 2.28. The van der Waals surface area contributed by atoms with Gasteiger partial charge in [-0.15, -0.1) is 0 Å². The van der Waals surface area contributed by atoms with Gasteiger partial charge >= 0.3 is 0 Å². The first-order chi connectivity index (χ1) is 9.72. The first kappa shape index (κ1) is 15.5. The Morgan fingerprint density at radius 3 is 2.65 bits per heavy atom. The lowest BCUT2D eigenvalue weighted by molar-refractivity contribution is 0.153. The molecule has 1 saturated carbocycles. The zero-order valence-electron chi connectivity index (χ0n) is 13.0. The SMILES string of the molecule is CCC1CCC(N)C(CN(CC)Cc2ccncc2)C1. The van der Waals surface area contributed by atoms with Crippen molar-refractivity contribution in [2.45, 2.75) is 52.1 Å². The normalized spacial score (nSPS) is 26.9. The Morgan fingerprint density at radius 1 is 1.25 bits per heavy atom. The molecule has 3 nitrogen and oxygen atoms in total. The van der Waals surface area contributed by atoms with Gasteiger partial charge < -0.3 is 5.73 Å². The topological polar surface area (TPSA) is 42.1 Å². The molecule has 112 valence electrons. The Morgan fingerprint density at radius 2 is 2.00 bits per heavy atom. The number of rotatable bonds is 6. The van der Waals surface area contributed by atoms with E-state index >= 15 is 0 Å². The summed E-state index contributed by atoms with van der Waals surface area (Å²) in [4.78, 5) is 6.61. The van der Waals surface area contributed by atoms with E-state index < -0.39 is 0 Å². The van der Waals surface area contributed by atoms with Crippen LogP contribution in [0.4, 0.5) is 0 Å². The highest BCUT2D eigenvalue weighted by atomic mass is 15.1. The predicted molar refractivity (Wildman–Crippen MR) is 84.3 cm³/mol. The van der Waals surface area contributed by atoms with E-state index in [0.29, 0.717) is 12.0 Å². The number of pyridine rings is 1. The standard InChI is InChI=1S/C17H29N3/c1-3-14-5-6-17(18)16(11-14)13-20(4-2)12-15-7-9-19-10-8-15/h7-10,14,16-17H,3-6,11-13,18H2,1-2H3. The first-order valence-electron chi connectivity index (χ1n) is 8.09. The molecule has 0 aromatic carbocycles. The lowest BCUT2D eigenvalue weighted by Crippen LogP contribution is -2.43. The summed E-state index contributed by atoms with van der Waals surface area (Å²) in [6.07, 6.45) is 8.90. The number of aromatic nitrogens is 1. The molecular formula is C17H29N3. The Balaban J connectivity index is 1.91. The van der Waals surface area contributed by atoms with Crippen molar-refractivity contribution < 1.29 is 0 Å². The predicted octanol–water partition coefficient (Wildman–Crippen LogP) is 3.06. The van der Waals surface area contributed by atoms with Crippen molar-refractivity contribution in [2.24, 2.45) is 17.6 Å². The molecule has 1 heterocycles. The van der Waals surface area contributed by atoms with E-state index in [1.165, 1.54) is 31.2 Å². The average Bonchev–Trinajstić information content (AvgIpc) is 2.49. The molecule has 0 aliphatic heterocycles. The van der Waals surface area contributed by atoms with Crippen molar-refractivity contribution in [2.75, 3.05) is 13.1 Å². The molecule has 2 N–H and O–H groups in total. The van der Waals surface area contributed by atoms with Gasteiger partial charge in [-0.3, -0.25) is 9.88 Å². The van der Waals surface area contributed by atoms with Gasteiger partial charge in [-0.1, -0.05) is 20.3 Å². The summed E-state index contributed by atoms with van der Waals surface area (Å²) in [7, 11) is 0. The minimum atomic E-state index is 0.393. The maximum absolute atomic E-state index is 6.36. The molecule has 3 atom stereocenters. The Bertz CT molecular complexity index is 379. The van der Waals surface area contributed by atoms with Crippen LogP contribution in [0.25, 0.3) is 0 Å². The molecule has 2 rings (SSSR count). The second-order valence-corrected chi connectivity index (χ2v) is 6.19. The van der Waals surface area contributed by atoms with Crippen LogP contribution in [0.2, 0.25) is 0 Å². The minimum absolute atomic E-state index is 0.393. The van der Waals surface area contributed by atoms with Gasteiger partial charge in [0.1, 0.15) is 0 Å². The van der Waals surface area contributed by atoms with Crippen LogP contribution >= 0.6 is 0 Å². The monoisotopic (exact) mass is 275 g/mol. The van der Waals surface area contributed by atoms with Crippen LogP contribution in [0, 0.1) is 11.8 Å². The van der Waals surface area contributed by atoms with Crippen molar-refractivity contribution in [3.05, 3.63) is 30.1 Å². The van der Waals surface area contributed by atoms with E-state index in [-0.39, 0.29) is 0 Å². The quantitative estimate of drug-likeness (QED) is 0.867. The number of nitrogens with two attached hydrogens (primary N) is 1. The fraction of sp³-hybridized carbons (Fsp3) is 0.706. The summed E-state index contributed by atoms with van der Waals surface area (Å²) < 4.78 is 0. The molecule has 20 heavy (non-hydrogen) atoms. The molecule has 1 aromatic heterocycles. The van der Waals surface area contributed by atoms with Crippen LogP contribution in [0.15, 0.2) is 24.5 Å². The molecule has 0 radical (unpaired) electrons. The molecule has 0 spiro atoms. The number of hydrogen-bond donors (Lipinski definition) is 1. The van der Waals surface area contributed by atoms with Gasteiger partial charge in [0, 0.05) is 31.5 Å². The van der Waals surface area contributed by atoms with Crippen molar-refractivity contribution in [3.8, 4) is 0 Å². The van der Waals surface area contributed by atoms with E-state index in [0.717, 1.165) is 25.6 Å². The Hall–Kier alpha value is -0.930. The minimum Gasteiger partial charge on any atom is -0.327 e. The first-order valence-corrected chi connectivity index (χ1v) is 8.09. The molecule has 1 aliphatic rings. The van der Waals surface area contributed by atoms with Crippen molar-refractivity contribution in [1.82, 2.24) is 9.88 Å². The summed E-state index contributed by atoms with van der Waals surface area (Å²) in [5.74, 6) is 1.55. The van der Waals surface area contributed by atoms with Gasteiger partial charge in [0.2, 0.25) is 0 Å². The van der Waals surface area contributed by atoms with Gasteiger partial charge in [-0.25, -0.2) is 0 Å². The second kappa shape index (κ2) is 7.75. The Labute approximate surface area is 123 Å². The van der Waals surface area contributed by atoms with Crippen molar-refractivity contribution in [1.29, 1.82) is 0 Å². The zero-order valence-corrected chi connectivity index (χ0v) is 13.0. The highest BCUT2D eigenvalue weighted by molar-refractivity contribution is 5.09. The van der Waals surface area contributed by atoms with Gasteiger partial charge in [0.05, 0.1) is 0 Å². The molecule has 0 amide bonds. The summed E-state index contributed by atoms with van der Waals surface area (Å²) >= 11 is 0. The van der Waals surface area contributed by atoms with E-state index in [1.54, 1.807) is 0 Å². The van der Waals surface area contributed by atoms with E-state index in [4.69, 9.17) is 5.73 Å². The fourth-order valence-electron chi connectivity index (χ4n) is 3.35.